The lowest BCUT2D eigenvalue weighted by atomic mass is 10.2. The van der Waals surface area contributed by atoms with Gasteiger partial charge in [-0.05, 0) is 6.92 Å². The van der Waals surface area contributed by atoms with Gasteiger partial charge < -0.3 is 9.63 Å². The van der Waals surface area contributed by atoms with Crippen LogP contribution < -0.4 is 0 Å². The Morgan fingerprint density at radius 1 is 1.80 bits per heavy atom. The van der Waals surface area contributed by atoms with Crippen LogP contribution in [0.1, 0.15) is 6.92 Å². The zero-order valence-corrected chi connectivity index (χ0v) is 6.96. The Kier molecular flexibility index (Phi) is 4.32. The van der Waals surface area contributed by atoms with Gasteiger partial charge in [0.1, 0.15) is 0 Å². The normalized spacial score (nSPS) is 16.2. The first-order valence-electron chi connectivity index (χ1n) is 2.90. The Morgan fingerprint density at radius 2 is 2.30 bits per heavy atom. The molecule has 4 nitrogen and oxygen atoms in total. The average Bonchev–Trinajstić information content (AvgIpc) is 1.82. The van der Waals surface area contributed by atoms with Crippen LogP contribution >= 0.6 is 8.03 Å². The van der Waals surface area contributed by atoms with E-state index in [2.05, 4.69) is 4.52 Å². The lowest BCUT2D eigenvalue weighted by Crippen LogP contribution is -2.14. The molecule has 0 amide bonds. The van der Waals surface area contributed by atoms with Gasteiger partial charge in [-0.1, -0.05) is 0 Å². The van der Waals surface area contributed by atoms with E-state index in [-0.39, 0.29) is 6.61 Å². The predicted octanol–water partition coefficient (Wildman–Crippen LogP) is 0.828. The highest BCUT2D eigenvalue weighted by Crippen LogP contribution is 2.16. The highest BCUT2D eigenvalue weighted by atomic mass is 31.1. The molecule has 60 valence electrons. The van der Waals surface area contributed by atoms with Crippen molar-refractivity contribution >= 4 is 14.0 Å². The van der Waals surface area contributed by atoms with Crippen LogP contribution in [0.3, 0.4) is 0 Å². The van der Waals surface area contributed by atoms with E-state index >= 15 is 0 Å². The Hall–Kier alpha value is -0.340. The maximum absolute atomic E-state index is 10.3. The van der Waals surface area contributed by atoms with Crippen LogP contribution in [0.5, 0.6) is 0 Å². The van der Waals surface area contributed by atoms with Gasteiger partial charge in [0.05, 0.1) is 12.5 Å². The predicted molar refractivity (Wildman–Crippen MR) is 37.7 cm³/mol. The first kappa shape index (κ1) is 9.66. The van der Waals surface area contributed by atoms with Crippen LogP contribution in [-0.4, -0.2) is 24.3 Å². The summed E-state index contributed by atoms with van der Waals surface area (Å²) in [4.78, 5) is 10.1. The maximum atomic E-state index is 10.3. The lowest BCUT2D eigenvalue weighted by Gasteiger charge is -2.03. The largest absolute Gasteiger partial charge is 0.481 e. The van der Waals surface area contributed by atoms with Crippen LogP contribution in [0.4, 0.5) is 0 Å². The maximum Gasteiger partial charge on any atom is 0.308 e. The number of carboxylic acid groups (broad SMARTS) is 1. The standard InChI is InChI=1S/C5H11O4P/c1-4(5(6)7)3-9-10(2)8/h4,10H,3H2,1-2H3,(H,6,7)/t4-/m1/s1. The molecule has 0 bridgehead atoms. The molecular weight excluding hydrogens is 155 g/mol. The third-order valence-corrected chi connectivity index (χ3v) is 1.53. The molecule has 0 rings (SSSR count). The van der Waals surface area contributed by atoms with Crippen molar-refractivity contribution in [1.29, 1.82) is 0 Å². The minimum atomic E-state index is -1.98. The van der Waals surface area contributed by atoms with Gasteiger partial charge in [0.2, 0.25) is 0 Å². The highest BCUT2D eigenvalue weighted by Gasteiger charge is 2.10. The summed E-state index contributed by atoms with van der Waals surface area (Å²) < 4.78 is 15.0. The quantitative estimate of drug-likeness (QED) is 0.628. The van der Waals surface area contributed by atoms with Crippen LogP contribution in [0.25, 0.3) is 0 Å². The molecule has 1 unspecified atom stereocenters. The highest BCUT2D eigenvalue weighted by molar-refractivity contribution is 7.38. The molecule has 0 fully saturated rings. The molecule has 0 radical (unpaired) electrons. The Morgan fingerprint density at radius 3 is 2.60 bits per heavy atom. The van der Waals surface area contributed by atoms with Gasteiger partial charge in [-0.3, -0.25) is 9.36 Å². The third kappa shape index (κ3) is 4.53. The molecule has 0 heterocycles. The number of carboxylic acids is 1. The number of aliphatic carboxylic acids is 1. The number of hydrogen-bond acceptors (Lipinski definition) is 3. The summed E-state index contributed by atoms with van der Waals surface area (Å²) in [5, 5.41) is 8.32. The van der Waals surface area contributed by atoms with Gasteiger partial charge in [-0.15, -0.1) is 0 Å². The van der Waals surface area contributed by atoms with Crippen molar-refractivity contribution < 1.29 is 19.0 Å². The van der Waals surface area contributed by atoms with Crippen molar-refractivity contribution in [3.8, 4) is 0 Å². The molecule has 0 spiro atoms. The fourth-order valence-electron chi connectivity index (χ4n) is 0.314. The summed E-state index contributed by atoms with van der Waals surface area (Å²) in [6, 6.07) is 0. The van der Waals surface area contributed by atoms with Gasteiger partial charge in [0, 0.05) is 6.66 Å². The minimum absolute atomic E-state index is 0.0314. The van der Waals surface area contributed by atoms with Crippen molar-refractivity contribution in [3.05, 3.63) is 0 Å². The van der Waals surface area contributed by atoms with Gasteiger partial charge in [-0.2, -0.15) is 0 Å². The summed E-state index contributed by atoms with van der Waals surface area (Å²) in [5.41, 5.74) is 0. The van der Waals surface area contributed by atoms with E-state index < -0.39 is 19.9 Å². The van der Waals surface area contributed by atoms with Gasteiger partial charge >= 0.3 is 5.97 Å². The van der Waals surface area contributed by atoms with Crippen LogP contribution in [0.2, 0.25) is 0 Å². The summed E-state index contributed by atoms with van der Waals surface area (Å²) in [7, 11) is -1.98. The zero-order valence-electron chi connectivity index (χ0n) is 5.96. The number of hydrogen-bond donors (Lipinski definition) is 1. The summed E-state index contributed by atoms with van der Waals surface area (Å²) in [5.74, 6) is -1.50. The number of carbonyl (C=O) groups is 1. The van der Waals surface area contributed by atoms with E-state index in [1.54, 1.807) is 0 Å². The van der Waals surface area contributed by atoms with Crippen molar-refractivity contribution in [1.82, 2.24) is 0 Å². The van der Waals surface area contributed by atoms with Gasteiger partial charge in [0.25, 0.3) is 0 Å². The second kappa shape index (κ2) is 4.47. The van der Waals surface area contributed by atoms with Crippen LogP contribution in [0.15, 0.2) is 0 Å². The molecule has 1 N–H and O–H groups in total. The van der Waals surface area contributed by atoms with E-state index in [1.165, 1.54) is 13.6 Å². The van der Waals surface area contributed by atoms with E-state index in [9.17, 15) is 9.36 Å². The number of rotatable bonds is 4. The van der Waals surface area contributed by atoms with E-state index in [1.807, 2.05) is 0 Å². The van der Waals surface area contributed by atoms with Crippen molar-refractivity contribution in [2.45, 2.75) is 6.92 Å². The summed E-state index contributed by atoms with van der Waals surface area (Å²) >= 11 is 0. The molecule has 0 aliphatic rings. The molecule has 0 aromatic carbocycles. The first-order chi connectivity index (χ1) is 4.54. The van der Waals surface area contributed by atoms with Gasteiger partial charge in [0.15, 0.2) is 8.03 Å². The monoisotopic (exact) mass is 166 g/mol. The van der Waals surface area contributed by atoms with E-state index in [0.717, 1.165) is 0 Å². The molecule has 2 atom stereocenters. The van der Waals surface area contributed by atoms with E-state index in [4.69, 9.17) is 5.11 Å². The second-order valence-electron chi connectivity index (χ2n) is 2.04. The molecule has 5 heteroatoms. The Balaban J connectivity index is 3.49. The van der Waals surface area contributed by atoms with E-state index in [0.29, 0.717) is 0 Å². The summed E-state index contributed by atoms with van der Waals surface area (Å²) in [6.07, 6.45) is 0. The van der Waals surface area contributed by atoms with Crippen molar-refractivity contribution in [2.24, 2.45) is 5.92 Å². The lowest BCUT2D eigenvalue weighted by molar-refractivity contribution is -0.141. The fourth-order valence-corrected chi connectivity index (χ4v) is 0.798. The molecule has 10 heavy (non-hydrogen) atoms. The Bertz CT molecular complexity index is 145. The molecule has 0 saturated heterocycles. The van der Waals surface area contributed by atoms with Crippen LogP contribution in [-0.2, 0) is 13.9 Å². The minimum Gasteiger partial charge on any atom is -0.481 e. The Labute approximate surface area is 60.1 Å². The zero-order chi connectivity index (χ0) is 8.15. The third-order valence-electron chi connectivity index (χ3n) is 0.958. The molecule has 0 aliphatic heterocycles. The molecule has 0 aromatic rings. The molecule has 0 aliphatic carbocycles. The molecule has 0 saturated carbocycles. The van der Waals surface area contributed by atoms with Crippen LogP contribution in [0, 0.1) is 5.92 Å². The smallest absolute Gasteiger partial charge is 0.308 e. The topological polar surface area (TPSA) is 63.6 Å². The summed E-state index contributed by atoms with van der Waals surface area (Å²) in [6.45, 7) is 2.97. The van der Waals surface area contributed by atoms with Crippen molar-refractivity contribution in [3.63, 3.8) is 0 Å². The fraction of sp³-hybridized carbons (Fsp3) is 0.800. The first-order valence-corrected chi connectivity index (χ1v) is 4.72. The molecular formula is C5H11O4P. The van der Waals surface area contributed by atoms with Gasteiger partial charge in [-0.25, -0.2) is 0 Å². The molecule has 0 aromatic heterocycles. The second-order valence-corrected chi connectivity index (χ2v) is 3.31. The average molecular weight is 166 g/mol. The van der Waals surface area contributed by atoms with Crippen molar-refractivity contribution in [2.75, 3.05) is 13.3 Å². The SMILES string of the molecule is C[C@H](CO[PH](C)=O)C(=O)O.